The number of benzene rings is 1. The first kappa shape index (κ1) is 13.1. The van der Waals surface area contributed by atoms with Crippen molar-refractivity contribution in [2.75, 3.05) is 13.1 Å². The van der Waals surface area contributed by atoms with Crippen molar-refractivity contribution in [2.24, 2.45) is 0 Å². The number of hydrogen-bond donors (Lipinski definition) is 1. The first-order valence-corrected chi connectivity index (χ1v) is 7.53. The lowest BCUT2D eigenvalue weighted by Crippen LogP contribution is -2.33. The molecule has 22 heavy (non-hydrogen) atoms. The van der Waals surface area contributed by atoms with Crippen LogP contribution in [0.25, 0.3) is 10.9 Å². The summed E-state index contributed by atoms with van der Waals surface area (Å²) in [4.78, 5) is 17.8. The molecule has 0 bridgehead atoms. The minimum Gasteiger partial charge on any atom is -0.361 e. The van der Waals surface area contributed by atoms with Gasteiger partial charge in [0.1, 0.15) is 5.76 Å². The van der Waals surface area contributed by atoms with Crippen molar-refractivity contribution < 1.29 is 9.32 Å². The first-order chi connectivity index (χ1) is 10.7. The van der Waals surface area contributed by atoms with Gasteiger partial charge in [0.05, 0.1) is 0 Å². The lowest BCUT2D eigenvalue weighted by molar-refractivity contribution is 0.0752. The van der Waals surface area contributed by atoms with Gasteiger partial charge in [-0.15, -0.1) is 0 Å². The van der Waals surface area contributed by atoms with E-state index in [4.69, 9.17) is 4.52 Å². The van der Waals surface area contributed by atoms with E-state index in [-0.39, 0.29) is 5.91 Å². The fourth-order valence-corrected chi connectivity index (χ4v) is 3.19. The molecule has 1 aliphatic heterocycles. The second kappa shape index (κ2) is 5.02. The van der Waals surface area contributed by atoms with E-state index in [0.29, 0.717) is 24.5 Å². The predicted octanol–water partition coefficient (Wildman–Crippen LogP) is 2.71. The number of carbonyl (C=O) groups excluding carboxylic acids is 1. The van der Waals surface area contributed by atoms with Crippen LogP contribution in [0.1, 0.15) is 27.5 Å². The monoisotopic (exact) mass is 295 g/mol. The van der Waals surface area contributed by atoms with Gasteiger partial charge in [-0.25, -0.2) is 0 Å². The Bertz CT molecular complexity index is 847. The lowest BCUT2D eigenvalue weighted by Gasteiger charge is -2.18. The molecule has 0 aliphatic carbocycles. The van der Waals surface area contributed by atoms with Crippen LogP contribution in [0.15, 0.2) is 34.9 Å². The Kier molecular flexibility index (Phi) is 2.99. The fourth-order valence-electron chi connectivity index (χ4n) is 3.19. The molecule has 0 atom stereocenters. The van der Waals surface area contributed by atoms with Crippen molar-refractivity contribution in [3.63, 3.8) is 0 Å². The molecular formula is C17H17N3O2. The average Bonchev–Trinajstić information content (AvgIpc) is 3.05. The Balaban J connectivity index is 1.60. The zero-order valence-corrected chi connectivity index (χ0v) is 12.4. The Hall–Kier alpha value is -2.56. The highest BCUT2D eigenvalue weighted by Crippen LogP contribution is 2.26. The summed E-state index contributed by atoms with van der Waals surface area (Å²) in [5.74, 6) is 0.612. The number of carbonyl (C=O) groups is 1. The normalized spacial score (nSPS) is 14.9. The van der Waals surface area contributed by atoms with Gasteiger partial charge in [0.25, 0.3) is 5.91 Å². The molecule has 2 aromatic heterocycles. The second-order valence-corrected chi connectivity index (χ2v) is 5.74. The molecular weight excluding hydrogens is 278 g/mol. The number of amides is 1. The van der Waals surface area contributed by atoms with Crippen LogP contribution in [0.4, 0.5) is 0 Å². The maximum Gasteiger partial charge on any atom is 0.276 e. The molecule has 5 nitrogen and oxygen atoms in total. The van der Waals surface area contributed by atoms with Crippen LogP contribution in [0.5, 0.6) is 0 Å². The summed E-state index contributed by atoms with van der Waals surface area (Å²) in [5.41, 5.74) is 4.15. The highest BCUT2D eigenvalue weighted by molar-refractivity contribution is 5.92. The Morgan fingerprint density at radius 2 is 2.09 bits per heavy atom. The molecule has 1 aromatic carbocycles. The lowest BCUT2D eigenvalue weighted by atomic mass is 10.1. The van der Waals surface area contributed by atoms with E-state index in [1.165, 1.54) is 22.2 Å². The highest BCUT2D eigenvalue weighted by Gasteiger charge is 2.23. The van der Waals surface area contributed by atoms with Gasteiger partial charge >= 0.3 is 0 Å². The van der Waals surface area contributed by atoms with Crippen molar-refractivity contribution in [2.45, 2.75) is 19.8 Å². The summed E-state index contributed by atoms with van der Waals surface area (Å²) >= 11 is 0. The zero-order valence-electron chi connectivity index (χ0n) is 12.4. The van der Waals surface area contributed by atoms with Gasteiger partial charge < -0.3 is 14.4 Å². The predicted molar refractivity (Wildman–Crippen MR) is 82.9 cm³/mol. The first-order valence-electron chi connectivity index (χ1n) is 7.53. The molecule has 3 heterocycles. The molecule has 0 fully saturated rings. The molecule has 1 N–H and O–H groups in total. The van der Waals surface area contributed by atoms with E-state index in [1.807, 2.05) is 11.0 Å². The van der Waals surface area contributed by atoms with E-state index in [0.717, 1.165) is 12.8 Å². The highest BCUT2D eigenvalue weighted by atomic mass is 16.5. The zero-order chi connectivity index (χ0) is 15.1. The number of fused-ring (bicyclic) bond motifs is 3. The molecule has 4 rings (SSSR count). The standard InChI is InChI=1S/C17H17N3O2/c1-11-10-16(19-22-11)17(21)20-8-6-13-12-4-2-3-5-14(12)18-15(13)7-9-20/h2-5,10,18H,6-9H2,1H3. The molecule has 0 spiro atoms. The van der Waals surface area contributed by atoms with Gasteiger partial charge in [0, 0.05) is 42.2 Å². The molecule has 0 radical (unpaired) electrons. The molecule has 112 valence electrons. The molecule has 5 heteroatoms. The minimum absolute atomic E-state index is 0.0497. The van der Waals surface area contributed by atoms with E-state index in [1.54, 1.807) is 13.0 Å². The SMILES string of the molecule is Cc1cc(C(=O)N2CCc3[nH]c4ccccc4c3CC2)no1. The summed E-state index contributed by atoms with van der Waals surface area (Å²) in [5, 5.41) is 5.10. The van der Waals surface area contributed by atoms with Crippen LogP contribution >= 0.6 is 0 Å². The Labute approximate surface area is 127 Å². The number of para-hydroxylation sites is 1. The molecule has 0 saturated carbocycles. The topological polar surface area (TPSA) is 62.1 Å². The van der Waals surface area contributed by atoms with Crippen LogP contribution in [0.2, 0.25) is 0 Å². The summed E-state index contributed by atoms with van der Waals surface area (Å²) < 4.78 is 5.01. The largest absolute Gasteiger partial charge is 0.361 e. The molecule has 0 unspecified atom stereocenters. The van der Waals surface area contributed by atoms with E-state index in [2.05, 4.69) is 28.3 Å². The minimum atomic E-state index is -0.0497. The van der Waals surface area contributed by atoms with E-state index < -0.39 is 0 Å². The number of nitrogens with zero attached hydrogens (tertiary/aromatic N) is 2. The third-order valence-electron chi connectivity index (χ3n) is 4.30. The Morgan fingerprint density at radius 3 is 2.91 bits per heavy atom. The number of nitrogens with one attached hydrogen (secondary N) is 1. The summed E-state index contributed by atoms with van der Waals surface area (Å²) in [6, 6.07) is 10.0. The molecule has 1 amide bonds. The van der Waals surface area contributed by atoms with Crippen LogP contribution in [-0.2, 0) is 12.8 Å². The van der Waals surface area contributed by atoms with Gasteiger partial charge in [-0.1, -0.05) is 23.4 Å². The number of hydrogen-bond acceptors (Lipinski definition) is 3. The number of aromatic amines is 1. The summed E-state index contributed by atoms with van der Waals surface area (Å²) in [6.45, 7) is 3.20. The molecule has 0 saturated heterocycles. The van der Waals surface area contributed by atoms with Gasteiger partial charge in [-0.05, 0) is 25.0 Å². The van der Waals surface area contributed by atoms with E-state index >= 15 is 0 Å². The van der Waals surface area contributed by atoms with Crippen molar-refractivity contribution >= 4 is 16.8 Å². The van der Waals surface area contributed by atoms with Crippen LogP contribution in [-0.4, -0.2) is 34.0 Å². The van der Waals surface area contributed by atoms with Crippen LogP contribution in [0, 0.1) is 6.92 Å². The second-order valence-electron chi connectivity index (χ2n) is 5.74. The van der Waals surface area contributed by atoms with Crippen molar-refractivity contribution in [3.8, 4) is 0 Å². The number of aromatic nitrogens is 2. The molecule has 1 aliphatic rings. The summed E-state index contributed by atoms with van der Waals surface area (Å²) in [7, 11) is 0. The fraction of sp³-hybridized carbons (Fsp3) is 0.294. The maximum absolute atomic E-state index is 12.5. The van der Waals surface area contributed by atoms with E-state index in [9.17, 15) is 4.79 Å². The number of H-pyrrole nitrogens is 1. The van der Waals surface area contributed by atoms with Crippen LogP contribution in [0.3, 0.4) is 0 Å². The average molecular weight is 295 g/mol. The van der Waals surface area contributed by atoms with Gasteiger partial charge in [-0.2, -0.15) is 0 Å². The number of aryl methyl sites for hydroxylation is 1. The summed E-state index contributed by atoms with van der Waals surface area (Å²) in [6.07, 6.45) is 1.70. The maximum atomic E-state index is 12.5. The van der Waals surface area contributed by atoms with Gasteiger partial charge in [-0.3, -0.25) is 4.79 Å². The van der Waals surface area contributed by atoms with Gasteiger partial charge in [0.15, 0.2) is 5.69 Å². The van der Waals surface area contributed by atoms with Crippen LogP contribution < -0.4 is 0 Å². The van der Waals surface area contributed by atoms with Gasteiger partial charge in [0.2, 0.25) is 0 Å². The molecule has 3 aromatic rings. The number of rotatable bonds is 1. The smallest absolute Gasteiger partial charge is 0.276 e. The van der Waals surface area contributed by atoms with Crippen molar-refractivity contribution in [1.82, 2.24) is 15.0 Å². The van der Waals surface area contributed by atoms with Crippen molar-refractivity contribution in [3.05, 3.63) is 53.0 Å². The third kappa shape index (κ3) is 2.09. The Morgan fingerprint density at radius 1 is 1.27 bits per heavy atom. The quantitative estimate of drug-likeness (QED) is 0.751. The third-order valence-corrected chi connectivity index (χ3v) is 4.30. The van der Waals surface area contributed by atoms with Crippen molar-refractivity contribution in [1.29, 1.82) is 0 Å².